The molecule has 0 saturated heterocycles. The van der Waals surface area contributed by atoms with Gasteiger partial charge in [0, 0.05) is 13.6 Å². The number of nitrogens with one attached hydrogen (secondary N) is 1. The summed E-state index contributed by atoms with van der Waals surface area (Å²) < 4.78 is 3.22. The van der Waals surface area contributed by atoms with E-state index in [9.17, 15) is 0 Å². The van der Waals surface area contributed by atoms with E-state index in [1.165, 1.54) is 23.0 Å². The molecule has 4 heteroatoms. The molecule has 0 bridgehead atoms. The molecule has 0 spiro atoms. The molecule has 0 aliphatic heterocycles. The molecule has 1 N–H and O–H groups in total. The zero-order valence-electron chi connectivity index (χ0n) is 11.9. The molecule has 102 valence electrons. The second-order valence-electron chi connectivity index (χ2n) is 5.86. The third-order valence-corrected chi connectivity index (χ3v) is 5.21. The maximum Gasteiger partial charge on any atom is 0.0738 e. The van der Waals surface area contributed by atoms with Gasteiger partial charge in [0.05, 0.1) is 15.9 Å². The lowest BCUT2D eigenvalue weighted by Gasteiger charge is -2.30. The van der Waals surface area contributed by atoms with Crippen molar-refractivity contribution in [2.75, 3.05) is 13.1 Å². The Labute approximate surface area is 118 Å². The van der Waals surface area contributed by atoms with E-state index in [2.05, 4.69) is 47.1 Å². The van der Waals surface area contributed by atoms with Crippen molar-refractivity contribution in [1.29, 1.82) is 0 Å². The van der Waals surface area contributed by atoms with Crippen molar-refractivity contribution in [3.63, 3.8) is 0 Å². The molecule has 1 aliphatic rings. The van der Waals surface area contributed by atoms with Crippen molar-refractivity contribution in [2.45, 2.75) is 40.0 Å². The zero-order chi connectivity index (χ0) is 13.3. The summed E-state index contributed by atoms with van der Waals surface area (Å²) >= 11 is 3.69. The van der Waals surface area contributed by atoms with Gasteiger partial charge in [-0.1, -0.05) is 13.8 Å². The van der Waals surface area contributed by atoms with E-state index in [0.29, 0.717) is 5.41 Å². The molecule has 1 atom stereocenters. The Morgan fingerprint density at radius 3 is 2.61 bits per heavy atom. The number of halogens is 1. The summed E-state index contributed by atoms with van der Waals surface area (Å²) in [4.78, 5) is 0. The van der Waals surface area contributed by atoms with Crippen molar-refractivity contribution in [2.24, 2.45) is 18.4 Å². The van der Waals surface area contributed by atoms with Crippen LogP contribution in [-0.4, -0.2) is 22.9 Å². The predicted molar refractivity (Wildman–Crippen MR) is 78.7 cm³/mol. The highest BCUT2D eigenvalue weighted by Crippen LogP contribution is 2.47. The van der Waals surface area contributed by atoms with Crippen LogP contribution >= 0.6 is 15.9 Å². The summed E-state index contributed by atoms with van der Waals surface area (Å²) in [6.45, 7) is 8.81. The van der Waals surface area contributed by atoms with Gasteiger partial charge in [0.2, 0.25) is 0 Å². The van der Waals surface area contributed by atoms with Crippen molar-refractivity contribution < 1.29 is 0 Å². The Morgan fingerprint density at radius 2 is 2.17 bits per heavy atom. The fourth-order valence-corrected chi connectivity index (χ4v) is 3.27. The second-order valence-corrected chi connectivity index (χ2v) is 6.65. The fourth-order valence-electron chi connectivity index (χ4n) is 2.80. The lowest BCUT2D eigenvalue weighted by atomic mass is 9.80. The Morgan fingerprint density at radius 1 is 1.50 bits per heavy atom. The van der Waals surface area contributed by atoms with Crippen molar-refractivity contribution in [3.8, 4) is 0 Å². The van der Waals surface area contributed by atoms with Crippen LogP contribution in [0.5, 0.6) is 0 Å². The van der Waals surface area contributed by atoms with Gasteiger partial charge in [0.25, 0.3) is 0 Å². The van der Waals surface area contributed by atoms with Crippen LogP contribution < -0.4 is 5.32 Å². The van der Waals surface area contributed by atoms with E-state index < -0.39 is 0 Å². The molecule has 1 aliphatic carbocycles. The Kier molecular flexibility index (Phi) is 4.17. The first-order chi connectivity index (χ1) is 8.48. The topological polar surface area (TPSA) is 29.9 Å². The highest BCUT2D eigenvalue weighted by atomic mass is 79.9. The minimum absolute atomic E-state index is 0.360. The number of hydrogen-bond donors (Lipinski definition) is 1. The molecule has 1 heterocycles. The van der Waals surface area contributed by atoms with Crippen molar-refractivity contribution in [3.05, 3.63) is 15.9 Å². The highest BCUT2D eigenvalue weighted by Gasteiger charge is 2.42. The van der Waals surface area contributed by atoms with Gasteiger partial charge in [-0.2, -0.15) is 5.10 Å². The number of aryl methyl sites for hydroxylation is 2. The Balaban J connectivity index is 2.17. The summed E-state index contributed by atoms with van der Waals surface area (Å²) in [5.74, 6) is 0.874. The first-order valence-corrected chi connectivity index (χ1v) is 7.66. The van der Waals surface area contributed by atoms with Crippen LogP contribution in [0.2, 0.25) is 0 Å². The van der Waals surface area contributed by atoms with Gasteiger partial charge in [-0.25, -0.2) is 0 Å². The maximum atomic E-state index is 4.50. The van der Waals surface area contributed by atoms with Crippen LogP contribution in [0.25, 0.3) is 0 Å². The summed E-state index contributed by atoms with van der Waals surface area (Å²) in [6, 6.07) is 0. The van der Waals surface area contributed by atoms with Gasteiger partial charge in [-0.05, 0) is 60.0 Å². The van der Waals surface area contributed by atoms with Gasteiger partial charge in [-0.15, -0.1) is 0 Å². The zero-order valence-corrected chi connectivity index (χ0v) is 13.5. The van der Waals surface area contributed by atoms with Crippen LogP contribution in [0.15, 0.2) is 4.47 Å². The quantitative estimate of drug-likeness (QED) is 0.874. The van der Waals surface area contributed by atoms with Crippen LogP contribution in [0.4, 0.5) is 0 Å². The summed E-state index contributed by atoms with van der Waals surface area (Å²) in [5, 5.41) is 8.04. The van der Waals surface area contributed by atoms with E-state index in [4.69, 9.17) is 0 Å². The van der Waals surface area contributed by atoms with Gasteiger partial charge >= 0.3 is 0 Å². The SMILES string of the molecule is CCNCC(C)(Cc1c(Br)c(C)nn1C)C1CC1. The monoisotopic (exact) mass is 313 g/mol. The molecule has 1 unspecified atom stereocenters. The molecule has 1 aromatic rings. The van der Waals surface area contributed by atoms with Gasteiger partial charge < -0.3 is 5.32 Å². The highest BCUT2D eigenvalue weighted by molar-refractivity contribution is 9.10. The van der Waals surface area contributed by atoms with Crippen LogP contribution in [0, 0.1) is 18.3 Å². The van der Waals surface area contributed by atoms with E-state index in [1.54, 1.807) is 0 Å². The number of aromatic nitrogens is 2. The maximum absolute atomic E-state index is 4.50. The number of rotatable bonds is 6. The van der Waals surface area contributed by atoms with E-state index in [1.807, 2.05) is 11.7 Å². The third kappa shape index (κ3) is 2.80. The Bertz CT molecular complexity index is 423. The lowest BCUT2D eigenvalue weighted by Crippen LogP contribution is -2.36. The third-order valence-electron chi connectivity index (χ3n) is 4.17. The molecule has 0 amide bonds. The molecule has 1 aromatic heterocycles. The summed E-state index contributed by atoms with van der Waals surface area (Å²) in [6.07, 6.45) is 3.87. The predicted octanol–water partition coefficient (Wildman–Crippen LogP) is 3.06. The molecule has 0 radical (unpaired) electrons. The second kappa shape index (κ2) is 5.33. The minimum atomic E-state index is 0.360. The van der Waals surface area contributed by atoms with E-state index >= 15 is 0 Å². The Hall–Kier alpha value is -0.350. The fraction of sp³-hybridized carbons (Fsp3) is 0.786. The first-order valence-electron chi connectivity index (χ1n) is 6.86. The molecular weight excluding hydrogens is 290 g/mol. The largest absolute Gasteiger partial charge is 0.316 e. The summed E-state index contributed by atoms with van der Waals surface area (Å²) in [5.41, 5.74) is 2.78. The molecular formula is C14H24BrN3. The molecule has 0 aromatic carbocycles. The lowest BCUT2D eigenvalue weighted by molar-refractivity contribution is 0.252. The molecule has 2 rings (SSSR count). The van der Waals surface area contributed by atoms with Gasteiger partial charge in [-0.3, -0.25) is 4.68 Å². The number of hydrogen-bond acceptors (Lipinski definition) is 2. The van der Waals surface area contributed by atoms with Crippen LogP contribution in [0.1, 0.15) is 38.1 Å². The average Bonchev–Trinajstić information content (AvgIpc) is 3.13. The minimum Gasteiger partial charge on any atom is -0.316 e. The molecule has 1 fully saturated rings. The standard InChI is InChI=1S/C14H24BrN3/c1-5-16-9-14(3,11-6-7-11)8-12-13(15)10(2)17-18(12)4/h11,16H,5-9H2,1-4H3. The molecule has 18 heavy (non-hydrogen) atoms. The van der Waals surface area contributed by atoms with Gasteiger partial charge in [0.15, 0.2) is 0 Å². The normalized spacial score (nSPS) is 18.9. The molecule has 3 nitrogen and oxygen atoms in total. The van der Waals surface area contributed by atoms with E-state index in [-0.39, 0.29) is 0 Å². The van der Waals surface area contributed by atoms with E-state index in [0.717, 1.165) is 31.1 Å². The van der Waals surface area contributed by atoms with Crippen molar-refractivity contribution >= 4 is 15.9 Å². The van der Waals surface area contributed by atoms with Crippen molar-refractivity contribution in [1.82, 2.24) is 15.1 Å². The van der Waals surface area contributed by atoms with Crippen LogP contribution in [-0.2, 0) is 13.5 Å². The smallest absolute Gasteiger partial charge is 0.0738 e. The first kappa shape index (κ1) is 14.1. The average molecular weight is 314 g/mol. The summed E-state index contributed by atoms with van der Waals surface area (Å²) in [7, 11) is 2.05. The molecule has 1 saturated carbocycles. The van der Waals surface area contributed by atoms with Gasteiger partial charge in [0.1, 0.15) is 0 Å². The van der Waals surface area contributed by atoms with Crippen LogP contribution in [0.3, 0.4) is 0 Å². The number of nitrogens with zero attached hydrogens (tertiary/aromatic N) is 2.